The summed E-state index contributed by atoms with van der Waals surface area (Å²) < 4.78 is 19.6. The molecule has 0 unspecified atom stereocenters. The number of rotatable bonds is 7. The van der Waals surface area contributed by atoms with Crippen LogP contribution in [0.3, 0.4) is 0 Å². The van der Waals surface area contributed by atoms with E-state index in [1.54, 1.807) is 25.3 Å². The van der Waals surface area contributed by atoms with Gasteiger partial charge in [-0.25, -0.2) is 4.68 Å². The van der Waals surface area contributed by atoms with E-state index in [1.807, 2.05) is 58.1 Å². The van der Waals surface area contributed by atoms with Gasteiger partial charge in [0, 0.05) is 29.7 Å². The van der Waals surface area contributed by atoms with Crippen molar-refractivity contribution in [3.05, 3.63) is 67.0 Å². The Kier molecular flexibility index (Phi) is 5.42. The summed E-state index contributed by atoms with van der Waals surface area (Å²) in [4.78, 5) is 12.5. The minimum absolute atomic E-state index is 0.163. The highest BCUT2D eigenvalue weighted by molar-refractivity contribution is 7.99. The van der Waals surface area contributed by atoms with Crippen molar-refractivity contribution in [1.82, 2.24) is 19.5 Å². The Morgan fingerprint density at radius 1 is 1.09 bits per heavy atom. The summed E-state index contributed by atoms with van der Waals surface area (Å²) in [5, 5.41) is 12.2. The molecule has 9 nitrogen and oxygen atoms in total. The largest absolute Gasteiger partial charge is 0.497 e. The number of methoxy groups -OCH3 is 1. The van der Waals surface area contributed by atoms with Crippen molar-refractivity contribution >= 4 is 23.4 Å². The third kappa shape index (κ3) is 4.00. The summed E-state index contributed by atoms with van der Waals surface area (Å²) in [6.07, 6.45) is 3.79. The summed E-state index contributed by atoms with van der Waals surface area (Å²) >= 11 is 1.30. The molecule has 0 fully saturated rings. The molecule has 2 aromatic carbocycles. The highest BCUT2D eigenvalue weighted by Gasteiger charge is 2.18. The van der Waals surface area contributed by atoms with Crippen molar-refractivity contribution in [2.45, 2.75) is 5.16 Å². The van der Waals surface area contributed by atoms with Gasteiger partial charge in [-0.3, -0.25) is 9.47 Å². The molecule has 3 heterocycles. The zero-order chi connectivity index (χ0) is 21.9. The number of hydrogen-bond acceptors (Lipinski definition) is 7. The molecule has 1 amide bonds. The van der Waals surface area contributed by atoms with Crippen molar-refractivity contribution in [2.24, 2.45) is 0 Å². The second-order valence-corrected chi connectivity index (χ2v) is 7.76. The van der Waals surface area contributed by atoms with Gasteiger partial charge in [-0.05, 0) is 48.5 Å². The Labute approximate surface area is 187 Å². The molecular weight excluding hydrogens is 430 g/mol. The van der Waals surface area contributed by atoms with Crippen LogP contribution in [0.5, 0.6) is 17.2 Å². The lowest BCUT2D eigenvalue weighted by Gasteiger charge is -2.11. The molecule has 0 radical (unpaired) electrons. The number of carbonyl (C=O) groups is 1. The monoisotopic (exact) mass is 449 g/mol. The smallest absolute Gasteiger partial charge is 0.234 e. The first kappa shape index (κ1) is 20.0. The Morgan fingerprint density at radius 2 is 1.88 bits per heavy atom. The third-order valence-electron chi connectivity index (χ3n) is 4.77. The molecule has 2 aromatic heterocycles. The number of anilines is 1. The molecule has 0 aliphatic carbocycles. The summed E-state index contributed by atoms with van der Waals surface area (Å²) in [6.45, 7) is 0.189. The number of benzene rings is 2. The molecule has 5 rings (SSSR count). The zero-order valence-corrected chi connectivity index (χ0v) is 17.9. The molecule has 10 heteroatoms. The molecular formula is C22H19N5O4S. The molecule has 1 aliphatic rings. The molecule has 0 atom stereocenters. The van der Waals surface area contributed by atoms with Crippen LogP contribution in [-0.4, -0.2) is 45.1 Å². The van der Waals surface area contributed by atoms with Crippen molar-refractivity contribution in [1.29, 1.82) is 0 Å². The number of nitrogens with one attached hydrogen (secondary N) is 1. The minimum atomic E-state index is -0.165. The van der Waals surface area contributed by atoms with Gasteiger partial charge in [0.2, 0.25) is 17.9 Å². The van der Waals surface area contributed by atoms with E-state index >= 15 is 0 Å². The zero-order valence-electron chi connectivity index (χ0n) is 17.1. The first-order chi connectivity index (χ1) is 15.7. The van der Waals surface area contributed by atoms with Crippen LogP contribution in [0.15, 0.2) is 72.1 Å². The molecule has 0 bridgehead atoms. The number of ether oxygens (including phenoxy) is 3. The van der Waals surface area contributed by atoms with Gasteiger partial charge >= 0.3 is 0 Å². The quantitative estimate of drug-likeness (QED) is 0.432. The Hall–Kier alpha value is -3.92. The van der Waals surface area contributed by atoms with E-state index in [0.29, 0.717) is 28.2 Å². The molecule has 0 saturated carbocycles. The summed E-state index contributed by atoms with van der Waals surface area (Å²) in [5.74, 6) is 2.70. The molecule has 1 N–H and O–H groups in total. The topological polar surface area (TPSA) is 92.4 Å². The fourth-order valence-electron chi connectivity index (χ4n) is 3.24. The van der Waals surface area contributed by atoms with Crippen LogP contribution in [0.4, 0.5) is 5.69 Å². The van der Waals surface area contributed by atoms with E-state index < -0.39 is 0 Å². The number of carbonyl (C=O) groups excluding carboxylic acids is 1. The van der Waals surface area contributed by atoms with Crippen molar-refractivity contribution in [3.8, 4) is 28.6 Å². The van der Waals surface area contributed by atoms with Gasteiger partial charge in [-0.15, -0.1) is 10.2 Å². The van der Waals surface area contributed by atoms with Crippen molar-refractivity contribution in [3.63, 3.8) is 0 Å². The summed E-state index contributed by atoms with van der Waals surface area (Å²) in [5.41, 5.74) is 1.52. The van der Waals surface area contributed by atoms with Gasteiger partial charge < -0.3 is 19.5 Å². The fourth-order valence-corrected chi connectivity index (χ4v) is 3.98. The van der Waals surface area contributed by atoms with E-state index in [2.05, 4.69) is 15.5 Å². The van der Waals surface area contributed by atoms with Gasteiger partial charge in [0.25, 0.3) is 0 Å². The lowest BCUT2D eigenvalue weighted by Crippen LogP contribution is -2.15. The number of amides is 1. The van der Waals surface area contributed by atoms with Gasteiger partial charge in [0.15, 0.2) is 17.3 Å². The van der Waals surface area contributed by atoms with Crippen LogP contribution in [0.25, 0.3) is 11.4 Å². The highest BCUT2D eigenvalue weighted by atomic mass is 32.2. The first-order valence-corrected chi connectivity index (χ1v) is 10.8. The Bertz CT molecular complexity index is 1240. The second kappa shape index (κ2) is 8.67. The van der Waals surface area contributed by atoms with Crippen LogP contribution >= 0.6 is 11.8 Å². The van der Waals surface area contributed by atoms with Crippen LogP contribution in [-0.2, 0) is 4.79 Å². The number of nitrogens with zero attached hydrogens (tertiary/aromatic N) is 4. The van der Waals surface area contributed by atoms with Gasteiger partial charge in [0.05, 0.1) is 12.9 Å². The molecule has 162 valence electrons. The Balaban J connectivity index is 1.34. The average Bonchev–Trinajstić information content (AvgIpc) is 3.57. The number of aromatic nitrogens is 4. The third-order valence-corrected chi connectivity index (χ3v) is 5.69. The number of fused-ring (bicyclic) bond motifs is 1. The predicted octanol–water partition coefficient (Wildman–Crippen LogP) is 3.53. The molecule has 1 aliphatic heterocycles. The molecule has 0 saturated heterocycles. The van der Waals surface area contributed by atoms with Gasteiger partial charge in [-0.1, -0.05) is 11.8 Å². The van der Waals surface area contributed by atoms with Crippen LogP contribution in [0.1, 0.15) is 0 Å². The summed E-state index contributed by atoms with van der Waals surface area (Å²) in [6, 6.07) is 16.7. The Morgan fingerprint density at radius 3 is 2.66 bits per heavy atom. The number of hydrogen-bond donors (Lipinski definition) is 1. The lowest BCUT2D eigenvalue weighted by molar-refractivity contribution is -0.113. The van der Waals surface area contributed by atoms with E-state index in [-0.39, 0.29) is 18.5 Å². The highest BCUT2D eigenvalue weighted by Crippen LogP contribution is 2.34. The van der Waals surface area contributed by atoms with Gasteiger partial charge in [0.1, 0.15) is 5.75 Å². The SMILES string of the molecule is COc1ccc(-c2nnc(SCC(=O)Nc3ccc4c(c3)OCO4)n2-n2cccc2)cc1. The lowest BCUT2D eigenvalue weighted by atomic mass is 10.2. The van der Waals surface area contributed by atoms with Gasteiger partial charge in [-0.2, -0.15) is 0 Å². The van der Waals surface area contributed by atoms with Crippen molar-refractivity contribution in [2.75, 3.05) is 25.0 Å². The minimum Gasteiger partial charge on any atom is -0.497 e. The summed E-state index contributed by atoms with van der Waals surface area (Å²) in [7, 11) is 1.63. The predicted molar refractivity (Wildman–Crippen MR) is 119 cm³/mol. The fraction of sp³-hybridized carbons (Fsp3) is 0.136. The maximum atomic E-state index is 12.5. The maximum absolute atomic E-state index is 12.5. The van der Waals surface area contributed by atoms with E-state index in [4.69, 9.17) is 14.2 Å². The van der Waals surface area contributed by atoms with Crippen LogP contribution in [0.2, 0.25) is 0 Å². The number of thioether (sulfide) groups is 1. The van der Waals surface area contributed by atoms with Crippen LogP contribution < -0.4 is 19.5 Å². The average molecular weight is 449 g/mol. The van der Waals surface area contributed by atoms with E-state index in [1.165, 1.54) is 11.8 Å². The van der Waals surface area contributed by atoms with Crippen LogP contribution in [0, 0.1) is 0 Å². The maximum Gasteiger partial charge on any atom is 0.234 e. The second-order valence-electron chi connectivity index (χ2n) is 6.81. The first-order valence-electron chi connectivity index (χ1n) is 9.77. The van der Waals surface area contributed by atoms with E-state index in [9.17, 15) is 4.79 Å². The molecule has 0 spiro atoms. The normalized spacial score (nSPS) is 12.0. The molecule has 32 heavy (non-hydrogen) atoms. The standard InChI is InChI=1S/C22H19N5O4S/c1-29-17-7-4-15(5-8-17)21-24-25-22(27(21)26-10-2-3-11-26)32-13-20(28)23-16-6-9-18-19(12-16)31-14-30-18/h2-12H,13-14H2,1H3,(H,23,28). The van der Waals surface area contributed by atoms with Crippen molar-refractivity contribution < 1.29 is 19.0 Å². The molecule has 4 aromatic rings. The van der Waals surface area contributed by atoms with E-state index in [0.717, 1.165) is 11.3 Å².